The Labute approximate surface area is 122 Å². The molecule has 1 atom stereocenters. The zero-order valence-corrected chi connectivity index (χ0v) is 12.6. The Morgan fingerprint density at radius 1 is 0.950 bits per heavy atom. The summed E-state index contributed by atoms with van der Waals surface area (Å²) in [7, 11) is 0. The first kappa shape index (κ1) is 14.1. The van der Waals surface area contributed by atoms with Crippen molar-refractivity contribution in [3.05, 3.63) is 18.5 Å². The Bertz CT molecular complexity index is 370. The van der Waals surface area contributed by atoms with Crippen molar-refractivity contribution >= 4 is 0 Å². The molecule has 0 unspecified atom stereocenters. The Balaban J connectivity index is 1.39. The highest BCUT2D eigenvalue weighted by molar-refractivity contribution is 4.85. The summed E-state index contributed by atoms with van der Waals surface area (Å²) in [6.07, 6.45) is 12.2. The highest BCUT2D eigenvalue weighted by Crippen LogP contribution is 2.20. The molecule has 112 valence electrons. The first-order chi connectivity index (χ1) is 9.92. The van der Waals surface area contributed by atoms with Crippen LogP contribution in [0.2, 0.25) is 0 Å². The number of piperidine rings is 2. The van der Waals surface area contributed by atoms with Crippen LogP contribution in [0.15, 0.2) is 18.5 Å². The molecule has 1 aromatic heterocycles. The molecule has 0 bridgehead atoms. The van der Waals surface area contributed by atoms with Gasteiger partial charge in [0, 0.05) is 18.9 Å². The third-order valence-corrected chi connectivity index (χ3v) is 4.78. The van der Waals surface area contributed by atoms with Crippen LogP contribution in [0.5, 0.6) is 0 Å². The molecule has 4 heteroatoms. The second-order valence-electron chi connectivity index (χ2n) is 6.34. The first-order valence-corrected chi connectivity index (χ1v) is 8.36. The van der Waals surface area contributed by atoms with Crippen molar-refractivity contribution in [2.24, 2.45) is 0 Å². The average molecular weight is 276 g/mol. The molecule has 0 radical (unpaired) electrons. The van der Waals surface area contributed by atoms with Gasteiger partial charge in [0.1, 0.15) is 0 Å². The third-order valence-electron chi connectivity index (χ3n) is 4.78. The molecule has 1 aromatic rings. The van der Waals surface area contributed by atoms with Gasteiger partial charge in [-0.3, -0.25) is 4.68 Å². The molecule has 2 fully saturated rings. The van der Waals surface area contributed by atoms with Crippen LogP contribution >= 0.6 is 0 Å². The van der Waals surface area contributed by atoms with E-state index >= 15 is 0 Å². The molecule has 4 nitrogen and oxygen atoms in total. The van der Waals surface area contributed by atoms with E-state index in [1.165, 1.54) is 77.8 Å². The van der Waals surface area contributed by atoms with Crippen molar-refractivity contribution in [1.29, 1.82) is 0 Å². The molecule has 0 aliphatic carbocycles. The normalized spacial score (nSPS) is 25.9. The van der Waals surface area contributed by atoms with Gasteiger partial charge in [-0.2, -0.15) is 5.10 Å². The minimum absolute atomic E-state index is 0.591. The van der Waals surface area contributed by atoms with Gasteiger partial charge in [0.25, 0.3) is 0 Å². The lowest BCUT2D eigenvalue weighted by molar-refractivity contribution is 0.154. The van der Waals surface area contributed by atoms with Crippen molar-refractivity contribution in [3.63, 3.8) is 0 Å². The largest absolute Gasteiger partial charge is 0.303 e. The first-order valence-electron chi connectivity index (χ1n) is 8.36. The molecular weight excluding hydrogens is 248 g/mol. The summed E-state index contributed by atoms with van der Waals surface area (Å²) >= 11 is 0. The standard InChI is InChI=1S/C16H28N4/c1-2-9-18(10-3-1)12-6-13-19-11-4-7-16(15-19)20-14-5-8-17-20/h5,8,14,16H,1-4,6-7,9-13,15H2/t16-/m0/s1. The van der Waals surface area contributed by atoms with Crippen LogP contribution in [0, 0.1) is 0 Å². The second-order valence-corrected chi connectivity index (χ2v) is 6.34. The SMILES string of the molecule is c1cnn([C@H]2CCCN(CCCN3CCCCC3)C2)c1. The maximum Gasteiger partial charge on any atom is 0.0646 e. The van der Waals surface area contributed by atoms with Gasteiger partial charge in [-0.1, -0.05) is 6.42 Å². The number of nitrogens with zero attached hydrogens (tertiary/aromatic N) is 4. The summed E-state index contributed by atoms with van der Waals surface area (Å²) in [6, 6.07) is 2.63. The molecule has 0 spiro atoms. The Hall–Kier alpha value is -0.870. The van der Waals surface area contributed by atoms with Gasteiger partial charge in [-0.25, -0.2) is 0 Å². The highest BCUT2D eigenvalue weighted by atomic mass is 15.3. The summed E-state index contributed by atoms with van der Waals surface area (Å²) in [6.45, 7) is 7.67. The van der Waals surface area contributed by atoms with Crippen LogP contribution in [0.3, 0.4) is 0 Å². The van der Waals surface area contributed by atoms with E-state index in [-0.39, 0.29) is 0 Å². The molecule has 2 saturated heterocycles. The minimum atomic E-state index is 0.591. The number of aromatic nitrogens is 2. The Morgan fingerprint density at radius 3 is 2.55 bits per heavy atom. The molecule has 0 N–H and O–H groups in total. The van der Waals surface area contributed by atoms with E-state index in [0.29, 0.717) is 6.04 Å². The van der Waals surface area contributed by atoms with Crippen LogP contribution in [-0.2, 0) is 0 Å². The monoisotopic (exact) mass is 276 g/mol. The van der Waals surface area contributed by atoms with E-state index in [0.717, 1.165) is 0 Å². The smallest absolute Gasteiger partial charge is 0.0646 e. The quantitative estimate of drug-likeness (QED) is 0.825. The van der Waals surface area contributed by atoms with Crippen molar-refractivity contribution in [3.8, 4) is 0 Å². The molecular formula is C16H28N4. The third kappa shape index (κ3) is 3.83. The predicted molar refractivity (Wildman–Crippen MR) is 81.8 cm³/mol. The van der Waals surface area contributed by atoms with Crippen LogP contribution in [0.1, 0.15) is 44.6 Å². The molecule has 0 aromatic carbocycles. The van der Waals surface area contributed by atoms with Crippen LogP contribution in [0.25, 0.3) is 0 Å². The van der Waals surface area contributed by atoms with E-state index in [4.69, 9.17) is 0 Å². The molecule has 2 aliphatic rings. The second kappa shape index (κ2) is 7.23. The molecule has 20 heavy (non-hydrogen) atoms. The van der Waals surface area contributed by atoms with E-state index in [1.807, 2.05) is 12.3 Å². The molecule has 3 heterocycles. The Kier molecular flexibility index (Phi) is 5.09. The van der Waals surface area contributed by atoms with Crippen molar-refractivity contribution < 1.29 is 0 Å². The fraction of sp³-hybridized carbons (Fsp3) is 0.812. The number of likely N-dealkylation sites (tertiary alicyclic amines) is 2. The van der Waals surface area contributed by atoms with E-state index in [1.54, 1.807) is 0 Å². The highest BCUT2D eigenvalue weighted by Gasteiger charge is 2.21. The summed E-state index contributed by atoms with van der Waals surface area (Å²) in [5.74, 6) is 0. The maximum absolute atomic E-state index is 4.41. The van der Waals surface area contributed by atoms with Crippen LogP contribution < -0.4 is 0 Å². The fourth-order valence-electron chi connectivity index (χ4n) is 3.65. The van der Waals surface area contributed by atoms with Gasteiger partial charge < -0.3 is 9.80 Å². The van der Waals surface area contributed by atoms with Crippen molar-refractivity contribution in [2.45, 2.75) is 44.6 Å². The van der Waals surface area contributed by atoms with E-state index in [9.17, 15) is 0 Å². The summed E-state index contributed by atoms with van der Waals surface area (Å²) in [5.41, 5.74) is 0. The number of rotatable bonds is 5. The number of hydrogen-bond acceptors (Lipinski definition) is 3. The molecule has 2 aliphatic heterocycles. The van der Waals surface area contributed by atoms with Crippen LogP contribution in [0.4, 0.5) is 0 Å². The van der Waals surface area contributed by atoms with Crippen molar-refractivity contribution in [1.82, 2.24) is 19.6 Å². The lowest BCUT2D eigenvalue weighted by Crippen LogP contribution is -2.39. The lowest BCUT2D eigenvalue weighted by Gasteiger charge is -2.33. The zero-order chi connectivity index (χ0) is 13.6. The average Bonchev–Trinajstić information content (AvgIpc) is 3.03. The Morgan fingerprint density at radius 2 is 1.75 bits per heavy atom. The maximum atomic E-state index is 4.41. The zero-order valence-electron chi connectivity index (χ0n) is 12.6. The van der Waals surface area contributed by atoms with Crippen molar-refractivity contribution in [2.75, 3.05) is 39.3 Å². The molecule has 0 amide bonds. The van der Waals surface area contributed by atoms with Gasteiger partial charge in [-0.05, 0) is 70.9 Å². The van der Waals surface area contributed by atoms with Gasteiger partial charge in [-0.15, -0.1) is 0 Å². The number of hydrogen-bond donors (Lipinski definition) is 0. The predicted octanol–water partition coefficient (Wildman–Crippen LogP) is 2.40. The topological polar surface area (TPSA) is 24.3 Å². The van der Waals surface area contributed by atoms with Gasteiger partial charge >= 0.3 is 0 Å². The van der Waals surface area contributed by atoms with Crippen LogP contribution in [-0.4, -0.2) is 58.8 Å². The minimum Gasteiger partial charge on any atom is -0.303 e. The van der Waals surface area contributed by atoms with Gasteiger partial charge in [0.15, 0.2) is 0 Å². The fourth-order valence-corrected chi connectivity index (χ4v) is 3.65. The summed E-state index contributed by atoms with van der Waals surface area (Å²) in [4.78, 5) is 5.29. The summed E-state index contributed by atoms with van der Waals surface area (Å²) < 4.78 is 2.15. The van der Waals surface area contributed by atoms with Gasteiger partial charge in [0.2, 0.25) is 0 Å². The lowest BCUT2D eigenvalue weighted by atomic mass is 10.1. The van der Waals surface area contributed by atoms with E-state index < -0.39 is 0 Å². The van der Waals surface area contributed by atoms with E-state index in [2.05, 4.69) is 25.8 Å². The van der Waals surface area contributed by atoms with Gasteiger partial charge in [0.05, 0.1) is 6.04 Å². The molecule has 0 saturated carbocycles. The molecule has 3 rings (SSSR count). The summed E-state index contributed by atoms with van der Waals surface area (Å²) in [5, 5.41) is 4.41.